The Morgan fingerprint density at radius 3 is 2.54 bits per heavy atom. The number of pyridine rings is 1. The number of aromatic nitrogens is 1. The van der Waals surface area contributed by atoms with Crippen LogP contribution in [0.15, 0.2) is 41.0 Å². The molecule has 0 fully saturated rings. The van der Waals surface area contributed by atoms with Crippen molar-refractivity contribution in [3.8, 4) is 5.88 Å². The number of aryl methyl sites for hydroxylation is 1. The molecule has 1 aromatic carbocycles. The van der Waals surface area contributed by atoms with Crippen LogP contribution in [0.4, 0.5) is 5.69 Å². The molecule has 1 aromatic heterocycles. The van der Waals surface area contributed by atoms with Crippen LogP contribution in [-0.2, 0) is 17.5 Å². The van der Waals surface area contributed by atoms with Gasteiger partial charge in [-0.2, -0.15) is 0 Å². The monoisotopic (exact) mass is 460 g/mol. The van der Waals surface area contributed by atoms with Gasteiger partial charge in [-0.1, -0.05) is 50.6 Å². The highest BCUT2D eigenvalue weighted by Gasteiger charge is 2.36. The minimum Gasteiger partial charge on any atom is -0.473 e. The number of benzene rings is 1. The maximum Gasteiger partial charge on any atom is 0.214 e. The SMILES string of the molecule is [C-]#[N+]c1ccc(COc2cccc(Br)n2)c(CCCO[Si](C)(C)C(C)(C)C)c1. The molecular weight excluding hydrogens is 432 g/mol. The van der Waals surface area contributed by atoms with Crippen LogP contribution in [0.2, 0.25) is 18.1 Å². The zero-order valence-corrected chi connectivity index (χ0v) is 20.0. The quantitative estimate of drug-likeness (QED) is 0.185. The number of ether oxygens (including phenoxy) is 1. The van der Waals surface area contributed by atoms with Crippen molar-refractivity contribution >= 4 is 29.9 Å². The summed E-state index contributed by atoms with van der Waals surface area (Å²) in [5.74, 6) is 0.579. The van der Waals surface area contributed by atoms with Crippen LogP contribution >= 0.6 is 15.9 Å². The normalized spacial score (nSPS) is 11.9. The van der Waals surface area contributed by atoms with Crippen molar-refractivity contribution in [2.75, 3.05) is 6.61 Å². The van der Waals surface area contributed by atoms with Gasteiger partial charge in [0.05, 0.1) is 6.57 Å². The summed E-state index contributed by atoms with van der Waals surface area (Å²) in [6, 6.07) is 11.4. The highest BCUT2D eigenvalue weighted by atomic mass is 79.9. The third kappa shape index (κ3) is 6.44. The highest BCUT2D eigenvalue weighted by Crippen LogP contribution is 2.36. The van der Waals surface area contributed by atoms with Crippen molar-refractivity contribution in [2.45, 2.75) is 58.4 Å². The van der Waals surface area contributed by atoms with Crippen LogP contribution in [0.5, 0.6) is 5.88 Å². The Balaban J connectivity index is 2.01. The van der Waals surface area contributed by atoms with Crippen molar-refractivity contribution in [1.29, 1.82) is 0 Å². The summed E-state index contributed by atoms with van der Waals surface area (Å²) < 4.78 is 12.9. The molecule has 0 saturated carbocycles. The van der Waals surface area contributed by atoms with Crippen molar-refractivity contribution < 1.29 is 9.16 Å². The fourth-order valence-corrected chi connectivity index (χ4v) is 3.90. The van der Waals surface area contributed by atoms with Gasteiger partial charge < -0.3 is 9.16 Å². The Bertz CT molecular complexity index is 841. The topological polar surface area (TPSA) is 35.7 Å². The van der Waals surface area contributed by atoms with Crippen LogP contribution in [0.3, 0.4) is 0 Å². The molecule has 2 rings (SSSR count). The van der Waals surface area contributed by atoms with E-state index < -0.39 is 8.32 Å². The maximum absolute atomic E-state index is 7.29. The predicted molar refractivity (Wildman–Crippen MR) is 120 cm³/mol. The molecule has 0 N–H and O–H groups in total. The lowest BCUT2D eigenvalue weighted by Gasteiger charge is -2.36. The molecule has 0 spiro atoms. The molecule has 4 nitrogen and oxygen atoms in total. The van der Waals surface area contributed by atoms with Gasteiger partial charge in [0.25, 0.3) is 0 Å². The number of hydrogen-bond acceptors (Lipinski definition) is 3. The molecule has 0 atom stereocenters. The summed E-state index contributed by atoms with van der Waals surface area (Å²) in [5.41, 5.74) is 2.88. The molecule has 0 saturated heterocycles. The lowest BCUT2D eigenvalue weighted by molar-refractivity contribution is 0.279. The van der Waals surface area contributed by atoms with Gasteiger partial charge >= 0.3 is 0 Å². The van der Waals surface area contributed by atoms with E-state index in [0.717, 1.165) is 35.2 Å². The molecule has 0 aliphatic heterocycles. The van der Waals surface area contributed by atoms with Gasteiger partial charge in [-0.15, -0.1) is 0 Å². The Hall–Kier alpha value is -1.68. The zero-order chi connectivity index (χ0) is 20.8. The van der Waals surface area contributed by atoms with E-state index in [1.54, 1.807) is 0 Å². The van der Waals surface area contributed by atoms with Crippen molar-refractivity contribution in [3.63, 3.8) is 0 Å². The Morgan fingerprint density at radius 1 is 1.14 bits per heavy atom. The van der Waals surface area contributed by atoms with E-state index in [9.17, 15) is 0 Å². The van der Waals surface area contributed by atoms with E-state index in [1.807, 2.05) is 36.4 Å². The fourth-order valence-electron chi connectivity index (χ4n) is 2.48. The molecule has 150 valence electrons. The molecule has 6 heteroatoms. The van der Waals surface area contributed by atoms with Crippen LogP contribution < -0.4 is 4.74 Å². The standard InChI is InChI=1S/C22H29BrN2O2Si/c1-22(2,3)28(5,6)27-14-8-9-17-15-19(24-4)13-12-18(17)16-26-21-11-7-10-20(23)25-21/h7,10-13,15H,8-9,14,16H2,1-3,5-6H3. The van der Waals surface area contributed by atoms with Gasteiger partial charge in [-0.05, 0) is 58.5 Å². The molecule has 0 aliphatic carbocycles. The van der Waals surface area contributed by atoms with Gasteiger partial charge in [0.15, 0.2) is 14.0 Å². The smallest absolute Gasteiger partial charge is 0.214 e. The number of halogens is 1. The summed E-state index contributed by atoms with van der Waals surface area (Å²) in [4.78, 5) is 7.88. The zero-order valence-electron chi connectivity index (χ0n) is 17.4. The lowest BCUT2D eigenvalue weighted by atomic mass is 10.0. The second kappa shape index (κ2) is 9.68. The minimum atomic E-state index is -1.73. The number of nitrogens with zero attached hydrogens (tertiary/aromatic N) is 2. The first-order valence-electron chi connectivity index (χ1n) is 9.51. The van der Waals surface area contributed by atoms with Crippen LogP contribution in [0.1, 0.15) is 38.3 Å². The van der Waals surface area contributed by atoms with Crippen molar-refractivity contribution in [1.82, 2.24) is 4.98 Å². The maximum atomic E-state index is 7.29. The minimum absolute atomic E-state index is 0.215. The third-order valence-corrected chi connectivity index (χ3v) is 10.2. The molecule has 0 amide bonds. The Labute approximate surface area is 178 Å². The van der Waals surface area contributed by atoms with Gasteiger partial charge in [-0.3, -0.25) is 0 Å². The first-order chi connectivity index (χ1) is 13.1. The molecule has 0 aliphatic rings. The van der Waals surface area contributed by atoms with Crippen LogP contribution in [0.25, 0.3) is 4.85 Å². The van der Waals surface area contributed by atoms with Gasteiger partial charge in [0.1, 0.15) is 11.2 Å². The van der Waals surface area contributed by atoms with E-state index in [4.69, 9.17) is 15.7 Å². The molecule has 28 heavy (non-hydrogen) atoms. The van der Waals surface area contributed by atoms with Crippen molar-refractivity contribution in [3.05, 3.63) is 63.5 Å². The first-order valence-corrected chi connectivity index (χ1v) is 13.2. The largest absolute Gasteiger partial charge is 0.473 e. The van der Waals surface area contributed by atoms with Crippen LogP contribution in [-0.4, -0.2) is 19.9 Å². The van der Waals surface area contributed by atoms with E-state index in [2.05, 4.69) is 59.6 Å². The van der Waals surface area contributed by atoms with Crippen LogP contribution in [0, 0.1) is 6.57 Å². The highest BCUT2D eigenvalue weighted by molar-refractivity contribution is 9.10. The van der Waals surface area contributed by atoms with Gasteiger partial charge in [-0.25, -0.2) is 9.83 Å². The van der Waals surface area contributed by atoms with E-state index >= 15 is 0 Å². The van der Waals surface area contributed by atoms with Gasteiger partial charge in [0, 0.05) is 12.7 Å². The first kappa shape index (κ1) is 22.6. The summed E-state index contributed by atoms with van der Waals surface area (Å²) >= 11 is 3.36. The molecular formula is C22H29BrN2O2Si. The Morgan fingerprint density at radius 2 is 1.89 bits per heavy atom. The average Bonchev–Trinajstić information content (AvgIpc) is 2.63. The second-order valence-corrected chi connectivity index (χ2v) is 14.0. The molecule has 0 unspecified atom stereocenters. The molecule has 0 radical (unpaired) electrons. The predicted octanol–water partition coefficient (Wildman–Crippen LogP) is 6.93. The Kier molecular flexibility index (Phi) is 7.82. The van der Waals surface area contributed by atoms with E-state index in [1.165, 1.54) is 0 Å². The van der Waals surface area contributed by atoms with Gasteiger partial charge in [0.2, 0.25) is 5.88 Å². The molecule has 2 aromatic rings. The van der Waals surface area contributed by atoms with E-state index in [0.29, 0.717) is 18.2 Å². The number of hydrogen-bond donors (Lipinski definition) is 0. The number of rotatable bonds is 8. The van der Waals surface area contributed by atoms with Crippen molar-refractivity contribution in [2.24, 2.45) is 0 Å². The summed E-state index contributed by atoms with van der Waals surface area (Å²) in [6.45, 7) is 19.8. The van der Waals surface area contributed by atoms with E-state index in [-0.39, 0.29) is 5.04 Å². The lowest BCUT2D eigenvalue weighted by Crippen LogP contribution is -2.41. The second-order valence-electron chi connectivity index (χ2n) is 8.36. The molecule has 1 heterocycles. The molecule has 0 bridgehead atoms. The fraction of sp³-hybridized carbons (Fsp3) is 0.455. The third-order valence-electron chi connectivity index (χ3n) is 5.24. The summed E-state index contributed by atoms with van der Waals surface area (Å²) in [6.07, 6.45) is 1.79. The summed E-state index contributed by atoms with van der Waals surface area (Å²) in [5, 5.41) is 0.215. The summed E-state index contributed by atoms with van der Waals surface area (Å²) in [7, 11) is -1.73. The average molecular weight is 461 g/mol.